The Bertz CT molecular complexity index is 760. The first kappa shape index (κ1) is 21.6. The highest BCUT2D eigenvalue weighted by Crippen LogP contribution is 2.16. The molecule has 0 aliphatic carbocycles. The highest BCUT2D eigenvalue weighted by Gasteiger charge is 2.29. The number of nitrogens with zero attached hydrogens (tertiary/aromatic N) is 1. The normalized spacial score (nSPS) is 11.9. The lowest BCUT2D eigenvalue weighted by atomic mass is 10.0. The lowest BCUT2D eigenvalue weighted by Crippen LogP contribution is -2.50. The summed E-state index contributed by atoms with van der Waals surface area (Å²) in [4.78, 5) is 27.3. The summed E-state index contributed by atoms with van der Waals surface area (Å²) < 4.78 is 13.3. The van der Waals surface area contributed by atoms with Crippen LogP contribution < -0.4 is 5.32 Å². The molecule has 0 aliphatic heterocycles. The van der Waals surface area contributed by atoms with Crippen molar-refractivity contribution in [3.63, 3.8) is 0 Å². The molecule has 0 heterocycles. The van der Waals surface area contributed by atoms with E-state index in [9.17, 15) is 14.0 Å². The molecule has 28 heavy (non-hydrogen) atoms. The zero-order chi connectivity index (χ0) is 20.5. The fourth-order valence-corrected chi connectivity index (χ4v) is 2.97. The minimum Gasteiger partial charge on any atom is -0.354 e. The number of hydrogen-bond donors (Lipinski definition) is 1. The van der Waals surface area contributed by atoms with Crippen LogP contribution in [0, 0.1) is 11.7 Å². The van der Waals surface area contributed by atoms with Crippen molar-refractivity contribution in [2.24, 2.45) is 5.92 Å². The maximum absolute atomic E-state index is 13.3. The van der Waals surface area contributed by atoms with Crippen molar-refractivity contribution in [3.8, 4) is 0 Å². The van der Waals surface area contributed by atoms with Gasteiger partial charge < -0.3 is 10.2 Å². The highest BCUT2D eigenvalue weighted by molar-refractivity contribution is 5.87. The average molecular weight is 384 g/mol. The second-order valence-corrected chi connectivity index (χ2v) is 7.35. The van der Waals surface area contributed by atoms with Crippen molar-refractivity contribution in [2.75, 3.05) is 6.54 Å². The van der Waals surface area contributed by atoms with Gasteiger partial charge in [0.1, 0.15) is 11.9 Å². The van der Waals surface area contributed by atoms with Gasteiger partial charge >= 0.3 is 0 Å². The Hall–Kier alpha value is -2.69. The van der Waals surface area contributed by atoms with Crippen LogP contribution in [0.5, 0.6) is 0 Å². The summed E-state index contributed by atoms with van der Waals surface area (Å²) in [5, 5.41) is 2.96. The van der Waals surface area contributed by atoms with Crippen LogP contribution >= 0.6 is 0 Å². The predicted molar refractivity (Wildman–Crippen MR) is 109 cm³/mol. The van der Waals surface area contributed by atoms with E-state index in [2.05, 4.69) is 5.32 Å². The largest absolute Gasteiger partial charge is 0.354 e. The number of benzene rings is 2. The standard InChI is InChI=1S/C23H29FN2O2/c1-4-22(27)26(16-19-10-12-20(24)13-11-19)21(23(28)25-15-17(2)3)14-18-8-6-5-7-9-18/h5-13,17,21H,4,14-16H2,1-3H3,(H,25,28). The summed E-state index contributed by atoms with van der Waals surface area (Å²) in [6, 6.07) is 15.1. The predicted octanol–water partition coefficient (Wildman–Crippen LogP) is 3.95. The molecule has 2 amide bonds. The molecule has 1 atom stereocenters. The molecule has 0 saturated heterocycles. The van der Waals surface area contributed by atoms with Crippen LogP contribution in [-0.2, 0) is 22.6 Å². The van der Waals surface area contributed by atoms with E-state index in [0.717, 1.165) is 11.1 Å². The number of amides is 2. The summed E-state index contributed by atoms with van der Waals surface area (Å²) in [7, 11) is 0. The van der Waals surface area contributed by atoms with Gasteiger partial charge in [0, 0.05) is 25.9 Å². The Balaban J connectivity index is 2.31. The van der Waals surface area contributed by atoms with Gasteiger partial charge in [0.05, 0.1) is 0 Å². The van der Waals surface area contributed by atoms with E-state index >= 15 is 0 Å². The Kier molecular flexibility index (Phi) is 8.18. The van der Waals surface area contributed by atoms with E-state index in [1.54, 1.807) is 24.0 Å². The molecule has 0 fully saturated rings. The molecule has 1 unspecified atom stereocenters. The van der Waals surface area contributed by atoms with Gasteiger partial charge in [-0.15, -0.1) is 0 Å². The fraction of sp³-hybridized carbons (Fsp3) is 0.391. The second kappa shape index (κ2) is 10.6. The molecule has 1 N–H and O–H groups in total. The molecular weight excluding hydrogens is 355 g/mol. The van der Waals surface area contributed by atoms with Crippen molar-refractivity contribution >= 4 is 11.8 Å². The zero-order valence-electron chi connectivity index (χ0n) is 16.8. The molecule has 0 bridgehead atoms. The van der Waals surface area contributed by atoms with Crippen molar-refractivity contribution in [1.82, 2.24) is 10.2 Å². The summed E-state index contributed by atoms with van der Waals surface area (Å²) >= 11 is 0. The van der Waals surface area contributed by atoms with Crippen molar-refractivity contribution in [1.29, 1.82) is 0 Å². The maximum Gasteiger partial charge on any atom is 0.243 e. The Morgan fingerprint density at radius 1 is 1.00 bits per heavy atom. The van der Waals surface area contributed by atoms with E-state index in [4.69, 9.17) is 0 Å². The molecule has 0 radical (unpaired) electrons. The van der Waals surface area contributed by atoms with Gasteiger partial charge in [0.2, 0.25) is 11.8 Å². The van der Waals surface area contributed by atoms with Gasteiger partial charge in [-0.25, -0.2) is 4.39 Å². The third kappa shape index (κ3) is 6.48. The summed E-state index contributed by atoms with van der Waals surface area (Å²) in [5.74, 6) is -0.284. The number of carbonyl (C=O) groups is 2. The monoisotopic (exact) mass is 384 g/mol. The topological polar surface area (TPSA) is 49.4 Å². The van der Waals surface area contributed by atoms with E-state index in [0.29, 0.717) is 25.3 Å². The van der Waals surface area contributed by atoms with Crippen LogP contribution in [0.2, 0.25) is 0 Å². The van der Waals surface area contributed by atoms with Gasteiger partial charge in [-0.2, -0.15) is 0 Å². The summed E-state index contributed by atoms with van der Waals surface area (Å²) in [6.45, 7) is 6.65. The second-order valence-electron chi connectivity index (χ2n) is 7.35. The maximum atomic E-state index is 13.3. The highest BCUT2D eigenvalue weighted by atomic mass is 19.1. The van der Waals surface area contributed by atoms with Crippen LogP contribution in [0.4, 0.5) is 4.39 Å². The van der Waals surface area contributed by atoms with E-state index in [1.165, 1.54) is 12.1 Å². The average Bonchev–Trinajstić information content (AvgIpc) is 2.70. The first-order chi connectivity index (χ1) is 13.4. The summed E-state index contributed by atoms with van der Waals surface area (Å²) in [5.41, 5.74) is 1.78. The van der Waals surface area contributed by atoms with Crippen LogP contribution in [0.1, 0.15) is 38.3 Å². The third-order valence-electron chi connectivity index (χ3n) is 4.52. The Labute approximate surface area is 166 Å². The SMILES string of the molecule is CCC(=O)N(Cc1ccc(F)cc1)C(Cc1ccccc1)C(=O)NCC(C)C. The van der Waals surface area contributed by atoms with Crippen LogP contribution in [0.3, 0.4) is 0 Å². The number of nitrogens with one attached hydrogen (secondary N) is 1. The molecule has 2 aromatic carbocycles. The number of halogens is 1. The third-order valence-corrected chi connectivity index (χ3v) is 4.52. The molecular formula is C23H29FN2O2. The first-order valence-electron chi connectivity index (χ1n) is 9.76. The Morgan fingerprint density at radius 3 is 2.21 bits per heavy atom. The molecule has 4 nitrogen and oxygen atoms in total. The minimum absolute atomic E-state index is 0.107. The van der Waals surface area contributed by atoms with Gasteiger partial charge in [-0.1, -0.05) is 63.2 Å². The molecule has 150 valence electrons. The van der Waals surface area contributed by atoms with E-state index in [-0.39, 0.29) is 24.2 Å². The quantitative estimate of drug-likeness (QED) is 0.712. The molecule has 0 spiro atoms. The lowest BCUT2D eigenvalue weighted by Gasteiger charge is -2.31. The van der Waals surface area contributed by atoms with Crippen LogP contribution in [0.15, 0.2) is 54.6 Å². The van der Waals surface area contributed by atoms with Crippen molar-refractivity contribution in [3.05, 3.63) is 71.5 Å². The lowest BCUT2D eigenvalue weighted by molar-refractivity contribution is -0.141. The number of rotatable bonds is 9. The van der Waals surface area contributed by atoms with E-state index in [1.807, 2.05) is 44.2 Å². The smallest absolute Gasteiger partial charge is 0.243 e. The van der Waals surface area contributed by atoms with Crippen LogP contribution in [0.25, 0.3) is 0 Å². The van der Waals surface area contributed by atoms with Gasteiger partial charge in [0.25, 0.3) is 0 Å². The fourth-order valence-electron chi connectivity index (χ4n) is 2.97. The first-order valence-corrected chi connectivity index (χ1v) is 9.76. The van der Waals surface area contributed by atoms with Gasteiger partial charge in [0.15, 0.2) is 0 Å². The molecule has 2 rings (SSSR count). The van der Waals surface area contributed by atoms with Crippen LogP contribution in [-0.4, -0.2) is 29.3 Å². The molecule has 0 aromatic heterocycles. The Morgan fingerprint density at radius 2 is 1.64 bits per heavy atom. The van der Waals surface area contributed by atoms with Gasteiger partial charge in [-0.3, -0.25) is 9.59 Å². The minimum atomic E-state index is -0.626. The number of carbonyl (C=O) groups excluding carboxylic acids is 2. The molecule has 0 saturated carbocycles. The van der Waals surface area contributed by atoms with Crippen molar-refractivity contribution < 1.29 is 14.0 Å². The van der Waals surface area contributed by atoms with Crippen molar-refractivity contribution in [2.45, 2.75) is 46.2 Å². The zero-order valence-corrected chi connectivity index (χ0v) is 16.8. The molecule has 0 aliphatic rings. The van der Waals surface area contributed by atoms with Gasteiger partial charge in [-0.05, 0) is 29.2 Å². The molecule has 2 aromatic rings. The summed E-state index contributed by atoms with van der Waals surface area (Å²) in [6.07, 6.45) is 0.724. The number of hydrogen-bond acceptors (Lipinski definition) is 2. The molecule has 5 heteroatoms. The van der Waals surface area contributed by atoms with E-state index < -0.39 is 6.04 Å².